The van der Waals surface area contributed by atoms with E-state index in [0.29, 0.717) is 0 Å². The van der Waals surface area contributed by atoms with Crippen LogP contribution in [0, 0.1) is 5.82 Å². The summed E-state index contributed by atoms with van der Waals surface area (Å²) < 4.78 is 90.3. The number of aromatic nitrogens is 2. The van der Waals surface area contributed by atoms with E-state index in [1.165, 1.54) is 41.3 Å². The summed E-state index contributed by atoms with van der Waals surface area (Å²) in [5.74, 6) is -2.01. The van der Waals surface area contributed by atoms with Gasteiger partial charge in [-0.05, 0) is 42.0 Å². The molecule has 0 spiro atoms. The maximum atomic E-state index is 13.7. The molecule has 4 rings (SSSR count). The monoisotopic (exact) mass is 500 g/mol. The van der Waals surface area contributed by atoms with Crippen LogP contribution in [0.3, 0.4) is 0 Å². The average Bonchev–Trinajstić information content (AvgIpc) is 3.18. The summed E-state index contributed by atoms with van der Waals surface area (Å²) in [6.07, 6.45) is -4.90. The summed E-state index contributed by atoms with van der Waals surface area (Å²) in [6.45, 7) is 0.172. The lowest BCUT2D eigenvalue weighted by atomic mass is 9.99. The minimum atomic E-state index is -4.90. The van der Waals surface area contributed by atoms with E-state index in [0.717, 1.165) is 12.1 Å². The highest BCUT2D eigenvalue weighted by molar-refractivity contribution is 7.89. The van der Waals surface area contributed by atoms with Crippen LogP contribution in [0.15, 0.2) is 53.4 Å². The number of hydrogen-bond donors (Lipinski definition) is 1. The first-order chi connectivity index (χ1) is 15.4. The van der Waals surface area contributed by atoms with Crippen LogP contribution in [0.2, 0.25) is 0 Å². The molecule has 2 N–H and O–H groups in total. The average molecular weight is 500 g/mol. The number of alkyl halides is 3. The lowest BCUT2D eigenvalue weighted by Crippen LogP contribution is -2.24. The number of rotatable bonds is 4. The number of primary sulfonamides is 1. The third-order valence-electron chi connectivity index (χ3n) is 4.90. The number of nitrogens with zero attached hydrogens (tertiary/aromatic N) is 3. The molecule has 1 unspecified atom stereocenters. The van der Waals surface area contributed by atoms with Gasteiger partial charge in [0.05, 0.1) is 22.0 Å². The van der Waals surface area contributed by atoms with Crippen molar-refractivity contribution in [2.24, 2.45) is 5.14 Å². The molecule has 1 aromatic heterocycles. The van der Waals surface area contributed by atoms with E-state index in [4.69, 9.17) is 5.14 Å². The van der Waals surface area contributed by atoms with Gasteiger partial charge in [0.25, 0.3) is 0 Å². The Bertz CT molecular complexity index is 1350. The Morgan fingerprint density at radius 3 is 2.30 bits per heavy atom. The fourth-order valence-electron chi connectivity index (χ4n) is 3.40. The standard InChI is InChI=1S/C20H16F4N4O3S2/c21-14-6-4-12(5-7-14)17-16(13-2-1-3-15(10-13)33(25,30)31)18(28-8-9-32(29)11-28)27-19(26-17)20(22,23)24/h1-7,10H,8-9,11H2,(H2,25,30,31). The molecule has 7 nitrogen and oxygen atoms in total. The fourth-order valence-corrected chi connectivity index (χ4v) is 5.11. The second-order valence-corrected chi connectivity index (χ2v) is 10.3. The summed E-state index contributed by atoms with van der Waals surface area (Å²) in [5.41, 5.74) is 0.236. The quantitative estimate of drug-likeness (QED) is 0.552. The molecule has 1 fully saturated rings. The second-order valence-electron chi connectivity index (χ2n) is 7.21. The number of benzene rings is 2. The summed E-state index contributed by atoms with van der Waals surface area (Å²) in [6, 6.07) is 9.96. The number of halogens is 4. The Morgan fingerprint density at radius 2 is 1.73 bits per heavy atom. The highest BCUT2D eigenvalue weighted by atomic mass is 32.2. The van der Waals surface area contributed by atoms with Crippen LogP contribution in [-0.4, -0.2) is 40.8 Å². The molecule has 33 heavy (non-hydrogen) atoms. The number of nitrogens with two attached hydrogens (primary N) is 1. The highest BCUT2D eigenvalue weighted by Gasteiger charge is 2.38. The van der Waals surface area contributed by atoms with Crippen LogP contribution in [0.4, 0.5) is 23.4 Å². The molecule has 2 aromatic carbocycles. The SMILES string of the molecule is NS(=O)(=O)c1cccc(-c2c(-c3ccc(F)cc3)nc(C(F)(F)F)nc2N2CCS(=O)C2)c1. The predicted molar refractivity (Wildman–Crippen MR) is 114 cm³/mol. The van der Waals surface area contributed by atoms with Gasteiger partial charge in [-0.25, -0.2) is 27.9 Å². The first-order valence-electron chi connectivity index (χ1n) is 9.42. The maximum Gasteiger partial charge on any atom is 0.451 e. The summed E-state index contributed by atoms with van der Waals surface area (Å²) >= 11 is 0. The van der Waals surface area contributed by atoms with Gasteiger partial charge in [-0.2, -0.15) is 13.2 Å². The van der Waals surface area contributed by atoms with E-state index in [1.54, 1.807) is 0 Å². The molecule has 0 amide bonds. The molecular formula is C20H16F4N4O3S2. The van der Waals surface area contributed by atoms with Gasteiger partial charge in [-0.15, -0.1) is 0 Å². The Hall–Kier alpha value is -2.90. The first-order valence-corrected chi connectivity index (χ1v) is 12.5. The van der Waals surface area contributed by atoms with E-state index in [1.807, 2.05) is 0 Å². The van der Waals surface area contributed by atoms with Crippen molar-refractivity contribution in [3.05, 3.63) is 60.2 Å². The van der Waals surface area contributed by atoms with E-state index >= 15 is 0 Å². The third kappa shape index (κ3) is 4.89. The van der Waals surface area contributed by atoms with Gasteiger partial charge in [-0.1, -0.05) is 12.1 Å². The van der Waals surface area contributed by atoms with E-state index in [-0.39, 0.29) is 51.3 Å². The smallest absolute Gasteiger partial charge is 0.343 e. The van der Waals surface area contributed by atoms with Crippen LogP contribution in [0.25, 0.3) is 22.4 Å². The minimum absolute atomic E-state index is 0.0565. The molecule has 0 saturated carbocycles. The molecule has 1 atom stereocenters. The van der Waals surface area contributed by atoms with Gasteiger partial charge in [0.2, 0.25) is 15.8 Å². The van der Waals surface area contributed by atoms with Gasteiger partial charge in [0, 0.05) is 28.7 Å². The van der Waals surface area contributed by atoms with Crippen LogP contribution < -0.4 is 10.0 Å². The zero-order valence-electron chi connectivity index (χ0n) is 16.7. The number of sulfonamides is 1. The van der Waals surface area contributed by atoms with Crippen molar-refractivity contribution in [1.29, 1.82) is 0 Å². The molecular weight excluding hydrogens is 484 g/mol. The van der Waals surface area contributed by atoms with Gasteiger partial charge < -0.3 is 4.90 Å². The van der Waals surface area contributed by atoms with Crippen molar-refractivity contribution in [2.45, 2.75) is 11.1 Å². The summed E-state index contributed by atoms with van der Waals surface area (Å²) in [7, 11) is -5.42. The Morgan fingerprint density at radius 1 is 1.03 bits per heavy atom. The molecule has 0 aliphatic carbocycles. The Kier molecular flexibility index (Phi) is 5.97. The maximum absolute atomic E-state index is 13.7. The Labute approximate surface area is 188 Å². The lowest BCUT2D eigenvalue weighted by Gasteiger charge is -2.23. The van der Waals surface area contributed by atoms with Crippen molar-refractivity contribution in [1.82, 2.24) is 9.97 Å². The largest absolute Gasteiger partial charge is 0.451 e. The molecule has 1 aliphatic rings. The summed E-state index contributed by atoms with van der Waals surface area (Å²) in [4.78, 5) is 8.62. The topological polar surface area (TPSA) is 106 Å². The number of anilines is 1. The van der Waals surface area contributed by atoms with Crippen molar-refractivity contribution < 1.29 is 30.2 Å². The fraction of sp³-hybridized carbons (Fsp3) is 0.200. The first kappa shape index (κ1) is 23.3. The van der Waals surface area contributed by atoms with Gasteiger partial charge in [0.1, 0.15) is 11.6 Å². The van der Waals surface area contributed by atoms with Crippen LogP contribution in [-0.2, 0) is 27.0 Å². The van der Waals surface area contributed by atoms with Crippen LogP contribution in [0.5, 0.6) is 0 Å². The number of hydrogen-bond acceptors (Lipinski definition) is 6. The molecule has 13 heteroatoms. The minimum Gasteiger partial charge on any atom is -0.343 e. The molecule has 2 heterocycles. The molecule has 0 radical (unpaired) electrons. The van der Waals surface area contributed by atoms with Gasteiger partial charge >= 0.3 is 6.18 Å². The molecule has 1 aliphatic heterocycles. The van der Waals surface area contributed by atoms with Crippen molar-refractivity contribution in [3.63, 3.8) is 0 Å². The normalized spacial score (nSPS) is 16.9. The van der Waals surface area contributed by atoms with Gasteiger partial charge in [0.15, 0.2) is 0 Å². The van der Waals surface area contributed by atoms with E-state index in [9.17, 15) is 30.2 Å². The molecule has 1 saturated heterocycles. The highest BCUT2D eigenvalue weighted by Crippen LogP contribution is 2.41. The second kappa shape index (κ2) is 8.47. The van der Waals surface area contributed by atoms with E-state index in [2.05, 4.69) is 9.97 Å². The lowest BCUT2D eigenvalue weighted by molar-refractivity contribution is -0.144. The third-order valence-corrected chi connectivity index (χ3v) is 7.05. The van der Waals surface area contributed by atoms with Gasteiger partial charge in [-0.3, -0.25) is 4.21 Å². The Balaban J connectivity index is 2.07. The summed E-state index contributed by atoms with van der Waals surface area (Å²) in [5, 5.41) is 5.23. The zero-order chi connectivity index (χ0) is 24.0. The van der Waals surface area contributed by atoms with Crippen molar-refractivity contribution in [2.75, 3.05) is 23.1 Å². The molecule has 174 valence electrons. The van der Waals surface area contributed by atoms with Crippen LogP contribution in [0.1, 0.15) is 5.82 Å². The van der Waals surface area contributed by atoms with Crippen molar-refractivity contribution in [3.8, 4) is 22.4 Å². The molecule has 3 aromatic rings. The predicted octanol–water partition coefficient (Wildman–Crippen LogP) is 3.14. The van der Waals surface area contributed by atoms with Crippen LogP contribution >= 0.6 is 0 Å². The molecule has 0 bridgehead atoms. The zero-order valence-corrected chi connectivity index (χ0v) is 18.3. The van der Waals surface area contributed by atoms with E-state index < -0.39 is 38.6 Å². The van der Waals surface area contributed by atoms with Crippen molar-refractivity contribution >= 4 is 26.6 Å².